The lowest BCUT2D eigenvalue weighted by molar-refractivity contribution is 0.0601. The molecule has 124 valence electrons. The smallest absolute Gasteiger partial charge is 0.341 e. The van der Waals surface area contributed by atoms with Gasteiger partial charge in [0.1, 0.15) is 19.2 Å². The Kier molecular flexibility index (Phi) is 3.75. The Morgan fingerprint density at radius 2 is 2.16 bits per heavy atom. The highest BCUT2D eigenvalue weighted by Crippen LogP contribution is 2.40. The molecule has 4 rings (SSSR count). The molecule has 5 nitrogen and oxygen atoms in total. The first-order valence-electron chi connectivity index (χ1n) is 8.26. The summed E-state index contributed by atoms with van der Waals surface area (Å²) in [6.07, 6.45) is 6.02. The second-order valence-electron chi connectivity index (χ2n) is 6.48. The molecule has 1 aliphatic rings. The van der Waals surface area contributed by atoms with E-state index >= 15 is 0 Å². The minimum atomic E-state index is -0.391. The van der Waals surface area contributed by atoms with E-state index in [1.165, 1.54) is 7.11 Å². The summed E-state index contributed by atoms with van der Waals surface area (Å²) in [5.41, 5.74) is 4.13. The van der Waals surface area contributed by atoms with E-state index in [4.69, 9.17) is 12.6 Å². The van der Waals surface area contributed by atoms with Gasteiger partial charge in [-0.2, -0.15) is 0 Å². The standard InChI is InChI=1S/C19H18BN3O2/c1-23-10-16(20)14-8-13(5-6-17(14)23)22-18-15(19(24)25-2)7-12(9-21-18)11-3-4-11/h5-11H,3-4H2,1-2H3,(H,21,22). The third-order valence-corrected chi connectivity index (χ3v) is 4.65. The normalized spacial score (nSPS) is 13.8. The molecule has 2 heterocycles. The number of rotatable bonds is 4. The van der Waals surface area contributed by atoms with E-state index in [-0.39, 0.29) is 0 Å². The van der Waals surface area contributed by atoms with Crippen molar-refractivity contribution in [1.82, 2.24) is 9.55 Å². The van der Waals surface area contributed by atoms with Gasteiger partial charge in [0.15, 0.2) is 0 Å². The van der Waals surface area contributed by atoms with Crippen LogP contribution in [0.25, 0.3) is 10.9 Å². The van der Waals surface area contributed by atoms with Crippen LogP contribution in [0.1, 0.15) is 34.7 Å². The molecule has 1 saturated carbocycles. The van der Waals surface area contributed by atoms with Crippen molar-refractivity contribution in [2.24, 2.45) is 7.05 Å². The second kappa shape index (κ2) is 5.95. The molecule has 1 aliphatic carbocycles. The van der Waals surface area contributed by atoms with E-state index in [1.807, 2.05) is 48.3 Å². The van der Waals surface area contributed by atoms with E-state index in [1.54, 1.807) is 0 Å². The topological polar surface area (TPSA) is 56.2 Å². The van der Waals surface area contributed by atoms with E-state index < -0.39 is 5.97 Å². The molecule has 0 unspecified atom stereocenters. The highest BCUT2D eigenvalue weighted by molar-refractivity contribution is 6.39. The van der Waals surface area contributed by atoms with Gasteiger partial charge in [0.05, 0.1) is 7.11 Å². The molecule has 0 bridgehead atoms. The molecule has 3 aromatic rings. The lowest BCUT2D eigenvalue weighted by atomic mass is 9.96. The molecule has 0 saturated heterocycles. The fourth-order valence-corrected chi connectivity index (χ4v) is 3.12. The Hall–Kier alpha value is -2.76. The summed E-state index contributed by atoms with van der Waals surface area (Å²) in [6, 6.07) is 7.78. The zero-order valence-corrected chi connectivity index (χ0v) is 14.2. The molecule has 0 aliphatic heterocycles. The van der Waals surface area contributed by atoms with Crippen LogP contribution in [0.5, 0.6) is 0 Å². The Balaban J connectivity index is 1.72. The minimum Gasteiger partial charge on any atom is -0.465 e. The number of carbonyl (C=O) groups is 1. The number of fused-ring (bicyclic) bond motifs is 1. The third kappa shape index (κ3) is 2.88. The SMILES string of the molecule is [B]c1cn(C)c2ccc(Nc3ncc(C4CC4)cc3C(=O)OC)cc12. The lowest BCUT2D eigenvalue weighted by Gasteiger charge is -2.12. The van der Waals surface area contributed by atoms with Crippen LogP contribution in [0, 0.1) is 0 Å². The van der Waals surface area contributed by atoms with Crippen LogP contribution in [-0.2, 0) is 11.8 Å². The van der Waals surface area contributed by atoms with Crippen LogP contribution in [-0.4, -0.2) is 30.5 Å². The van der Waals surface area contributed by atoms with Gasteiger partial charge in [0.25, 0.3) is 0 Å². The number of carbonyl (C=O) groups excluding carboxylic acids is 1. The summed E-state index contributed by atoms with van der Waals surface area (Å²) >= 11 is 0. The summed E-state index contributed by atoms with van der Waals surface area (Å²) in [7, 11) is 9.40. The molecule has 1 N–H and O–H groups in total. The maximum Gasteiger partial charge on any atom is 0.341 e. The monoisotopic (exact) mass is 331 g/mol. The molecular weight excluding hydrogens is 313 g/mol. The van der Waals surface area contributed by atoms with Crippen LogP contribution in [0.3, 0.4) is 0 Å². The molecule has 1 fully saturated rings. The maximum atomic E-state index is 12.2. The predicted octanol–water partition coefficient (Wildman–Crippen LogP) is 2.77. The van der Waals surface area contributed by atoms with E-state index in [0.29, 0.717) is 22.8 Å². The van der Waals surface area contributed by atoms with Gasteiger partial charge >= 0.3 is 5.97 Å². The highest BCUT2D eigenvalue weighted by Gasteiger charge is 2.26. The quantitative estimate of drug-likeness (QED) is 0.590. The molecule has 25 heavy (non-hydrogen) atoms. The molecule has 0 atom stereocenters. The highest BCUT2D eigenvalue weighted by atomic mass is 16.5. The minimum absolute atomic E-state index is 0.391. The van der Waals surface area contributed by atoms with E-state index in [2.05, 4.69) is 10.3 Å². The molecular formula is C19H18BN3O2. The maximum absolute atomic E-state index is 12.2. The number of hydrogen-bond donors (Lipinski definition) is 1. The molecule has 1 aromatic carbocycles. The number of nitrogens with zero attached hydrogens (tertiary/aromatic N) is 2. The van der Waals surface area contributed by atoms with Crippen molar-refractivity contribution in [2.75, 3.05) is 12.4 Å². The van der Waals surface area contributed by atoms with Gasteiger partial charge in [0, 0.05) is 24.4 Å². The number of nitrogens with one attached hydrogen (secondary N) is 1. The van der Waals surface area contributed by atoms with Crippen LogP contribution < -0.4 is 10.8 Å². The van der Waals surface area contributed by atoms with E-state index in [0.717, 1.165) is 35.0 Å². The van der Waals surface area contributed by atoms with Gasteiger partial charge in [-0.25, -0.2) is 9.78 Å². The van der Waals surface area contributed by atoms with Crippen molar-refractivity contribution in [1.29, 1.82) is 0 Å². The van der Waals surface area contributed by atoms with Gasteiger partial charge < -0.3 is 14.6 Å². The number of ether oxygens (including phenoxy) is 1. The fourth-order valence-electron chi connectivity index (χ4n) is 3.12. The number of anilines is 2. The molecule has 2 aromatic heterocycles. The summed E-state index contributed by atoms with van der Waals surface area (Å²) in [4.78, 5) is 16.6. The van der Waals surface area contributed by atoms with Gasteiger partial charge in [-0.1, -0.05) is 5.46 Å². The largest absolute Gasteiger partial charge is 0.465 e. The number of methoxy groups -OCH3 is 1. The van der Waals surface area contributed by atoms with Crippen molar-refractivity contribution >= 4 is 41.7 Å². The number of pyridine rings is 1. The van der Waals surface area contributed by atoms with Crippen molar-refractivity contribution in [3.8, 4) is 0 Å². The Morgan fingerprint density at radius 3 is 2.88 bits per heavy atom. The van der Waals surface area contributed by atoms with Crippen LogP contribution in [0.2, 0.25) is 0 Å². The Bertz CT molecular complexity index is 976. The third-order valence-electron chi connectivity index (χ3n) is 4.65. The molecule has 6 heteroatoms. The molecule has 0 spiro atoms. The van der Waals surface area contributed by atoms with E-state index in [9.17, 15) is 4.79 Å². The van der Waals surface area contributed by atoms with Crippen molar-refractivity contribution < 1.29 is 9.53 Å². The molecule has 0 amide bonds. The van der Waals surface area contributed by atoms with Crippen LogP contribution >= 0.6 is 0 Å². The summed E-state index contributed by atoms with van der Waals surface area (Å²) in [5.74, 6) is 0.619. The number of hydrogen-bond acceptors (Lipinski definition) is 4. The molecule has 2 radical (unpaired) electrons. The first kappa shape index (κ1) is 15.8. The summed E-state index contributed by atoms with van der Waals surface area (Å²) < 4.78 is 6.90. The Labute approximate surface area is 147 Å². The van der Waals surface area contributed by atoms with Gasteiger partial charge in [-0.05, 0) is 60.2 Å². The van der Waals surface area contributed by atoms with Crippen molar-refractivity contribution in [3.63, 3.8) is 0 Å². The number of benzene rings is 1. The van der Waals surface area contributed by atoms with Gasteiger partial charge in [-0.3, -0.25) is 0 Å². The van der Waals surface area contributed by atoms with Gasteiger partial charge in [0.2, 0.25) is 0 Å². The van der Waals surface area contributed by atoms with Crippen molar-refractivity contribution in [2.45, 2.75) is 18.8 Å². The Morgan fingerprint density at radius 1 is 1.36 bits per heavy atom. The van der Waals surface area contributed by atoms with Crippen LogP contribution in [0.15, 0.2) is 36.7 Å². The zero-order chi connectivity index (χ0) is 17.6. The number of aryl methyl sites for hydroxylation is 1. The number of esters is 1. The first-order chi connectivity index (χ1) is 12.1. The van der Waals surface area contributed by atoms with Crippen molar-refractivity contribution in [3.05, 3.63) is 47.8 Å². The average molecular weight is 331 g/mol. The summed E-state index contributed by atoms with van der Waals surface area (Å²) in [6.45, 7) is 0. The fraction of sp³-hybridized carbons (Fsp3) is 0.263. The zero-order valence-electron chi connectivity index (χ0n) is 14.2. The predicted molar refractivity (Wildman–Crippen MR) is 99.1 cm³/mol. The second-order valence-corrected chi connectivity index (χ2v) is 6.48. The average Bonchev–Trinajstić information content (AvgIpc) is 3.42. The summed E-state index contributed by atoms with van der Waals surface area (Å²) in [5, 5.41) is 4.19. The number of aromatic nitrogens is 2. The first-order valence-corrected chi connectivity index (χ1v) is 8.26. The van der Waals surface area contributed by atoms with Gasteiger partial charge in [-0.15, -0.1) is 0 Å². The lowest BCUT2D eigenvalue weighted by Crippen LogP contribution is -2.08. The van der Waals surface area contributed by atoms with Crippen LogP contribution in [0.4, 0.5) is 11.5 Å².